The Morgan fingerprint density at radius 2 is 1.73 bits per heavy atom. The molecule has 228 valence electrons. The van der Waals surface area contributed by atoms with Gasteiger partial charge in [0.2, 0.25) is 0 Å². The third-order valence-electron chi connectivity index (χ3n) is 7.02. The highest BCUT2D eigenvalue weighted by Crippen LogP contribution is 2.38. The van der Waals surface area contributed by atoms with E-state index in [0.29, 0.717) is 54.7 Å². The summed E-state index contributed by atoms with van der Waals surface area (Å²) in [4.78, 5) is 32.4. The minimum absolute atomic E-state index is 0.181. The van der Waals surface area contributed by atoms with Crippen molar-refractivity contribution in [2.24, 2.45) is 4.99 Å². The molecule has 0 saturated heterocycles. The summed E-state index contributed by atoms with van der Waals surface area (Å²) < 4.78 is 30.7. The maximum Gasteiger partial charge on any atom is 0.338 e. The van der Waals surface area contributed by atoms with Crippen LogP contribution in [0.25, 0.3) is 6.08 Å². The van der Waals surface area contributed by atoms with Gasteiger partial charge in [0.25, 0.3) is 5.56 Å². The van der Waals surface area contributed by atoms with Crippen LogP contribution in [0, 0.1) is 0 Å². The first kappa shape index (κ1) is 31.1. The van der Waals surface area contributed by atoms with E-state index < -0.39 is 12.0 Å². The Labute approximate surface area is 266 Å². The van der Waals surface area contributed by atoms with Gasteiger partial charge >= 0.3 is 5.97 Å². The van der Waals surface area contributed by atoms with Crippen molar-refractivity contribution in [3.8, 4) is 23.0 Å². The maximum atomic E-state index is 14.1. The number of hydrogen-bond acceptors (Lipinski definition) is 9. The number of halogens is 1. The molecule has 0 saturated carbocycles. The van der Waals surface area contributed by atoms with Crippen molar-refractivity contribution in [2.45, 2.75) is 26.5 Å². The lowest BCUT2D eigenvalue weighted by atomic mass is 9.95. The van der Waals surface area contributed by atoms with Gasteiger partial charge in [-0.1, -0.05) is 47.7 Å². The number of fused-ring (bicyclic) bond motifs is 1. The molecule has 0 aliphatic carbocycles. The number of aromatic nitrogens is 1. The molecule has 1 aliphatic heterocycles. The van der Waals surface area contributed by atoms with Crippen molar-refractivity contribution >= 4 is 39.3 Å². The van der Waals surface area contributed by atoms with E-state index in [9.17, 15) is 9.59 Å². The first-order chi connectivity index (χ1) is 21.3. The fraction of sp³-hybridized carbons (Fsp3) is 0.242. The summed E-state index contributed by atoms with van der Waals surface area (Å²) in [7, 11) is 4.65. The largest absolute Gasteiger partial charge is 0.493 e. The van der Waals surface area contributed by atoms with E-state index in [1.165, 1.54) is 23.0 Å². The zero-order valence-corrected chi connectivity index (χ0v) is 27.3. The summed E-state index contributed by atoms with van der Waals surface area (Å²) in [6.07, 6.45) is 1.77. The van der Waals surface area contributed by atoms with Gasteiger partial charge in [-0.15, -0.1) is 0 Å². The van der Waals surface area contributed by atoms with Crippen LogP contribution in [0.4, 0.5) is 0 Å². The van der Waals surface area contributed by atoms with E-state index in [4.69, 9.17) is 23.7 Å². The molecule has 4 aromatic rings. The standard InChI is InChI=1S/C33H31BrN2O7S/c1-6-42-32(38)28-19(2)35-33-36(29(28)22-12-13-24(39-3)25(17-22)40-4)31(37)27(44-33)16-21-14-23(34)30(26(15-21)41-5)43-18-20-10-8-7-9-11-20/h7-17,29H,6,18H2,1-5H3. The van der Waals surface area contributed by atoms with Gasteiger partial charge in [-0.3, -0.25) is 9.36 Å². The third kappa shape index (κ3) is 6.15. The number of allylic oxidation sites excluding steroid dienone is 1. The molecule has 0 radical (unpaired) electrons. The summed E-state index contributed by atoms with van der Waals surface area (Å²) in [5.41, 5.74) is 2.84. The average molecular weight is 680 g/mol. The van der Waals surface area contributed by atoms with Gasteiger partial charge < -0.3 is 23.7 Å². The van der Waals surface area contributed by atoms with Gasteiger partial charge in [0, 0.05) is 0 Å². The molecule has 1 unspecified atom stereocenters. The quantitative estimate of drug-likeness (QED) is 0.214. The van der Waals surface area contributed by atoms with E-state index in [1.807, 2.05) is 42.5 Å². The first-order valence-corrected chi connectivity index (χ1v) is 15.4. The second-order valence-electron chi connectivity index (χ2n) is 9.73. The summed E-state index contributed by atoms with van der Waals surface area (Å²) >= 11 is 4.84. The van der Waals surface area contributed by atoms with Crippen LogP contribution in [-0.4, -0.2) is 38.5 Å². The highest BCUT2D eigenvalue weighted by molar-refractivity contribution is 9.10. The minimum Gasteiger partial charge on any atom is -0.493 e. The second kappa shape index (κ2) is 13.5. The Morgan fingerprint density at radius 1 is 1.00 bits per heavy atom. The van der Waals surface area contributed by atoms with Crippen molar-refractivity contribution in [1.29, 1.82) is 0 Å². The maximum absolute atomic E-state index is 14.1. The molecule has 11 heteroatoms. The highest BCUT2D eigenvalue weighted by atomic mass is 79.9. The van der Waals surface area contributed by atoms with Crippen LogP contribution in [0.3, 0.4) is 0 Å². The lowest BCUT2D eigenvalue weighted by molar-refractivity contribution is -0.139. The van der Waals surface area contributed by atoms with Crippen LogP contribution < -0.4 is 33.8 Å². The Kier molecular flexibility index (Phi) is 9.55. The number of methoxy groups -OCH3 is 3. The summed E-state index contributed by atoms with van der Waals surface area (Å²) in [6, 6.07) is 18.0. The van der Waals surface area contributed by atoms with Crippen LogP contribution in [0.5, 0.6) is 23.0 Å². The number of esters is 1. The fourth-order valence-electron chi connectivity index (χ4n) is 4.97. The third-order valence-corrected chi connectivity index (χ3v) is 8.59. The lowest BCUT2D eigenvalue weighted by Crippen LogP contribution is -2.40. The number of thiazole rings is 1. The Bertz CT molecular complexity index is 1910. The summed E-state index contributed by atoms with van der Waals surface area (Å²) in [6.45, 7) is 4.03. The normalized spacial score (nSPS) is 14.5. The number of rotatable bonds is 10. The molecule has 0 spiro atoms. The zero-order chi connectivity index (χ0) is 31.4. The average Bonchev–Trinajstić information content (AvgIpc) is 3.33. The van der Waals surface area contributed by atoms with Gasteiger partial charge in [0.15, 0.2) is 27.8 Å². The molecular formula is C33H31BrN2O7S. The topological polar surface area (TPSA) is 97.6 Å². The van der Waals surface area contributed by atoms with Crippen LogP contribution in [0.1, 0.15) is 36.6 Å². The smallest absolute Gasteiger partial charge is 0.338 e. The lowest BCUT2D eigenvalue weighted by Gasteiger charge is -2.25. The number of nitrogens with zero attached hydrogens (tertiary/aromatic N) is 2. The van der Waals surface area contributed by atoms with E-state index in [1.54, 1.807) is 52.3 Å². The molecule has 0 bridgehead atoms. The molecule has 0 fully saturated rings. The fourth-order valence-corrected chi connectivity index (χ4v) is 6.59. The molecule has 1 aliphatic rings. The number of carbonyl (C=O) groups excluding carboxylic acids is 1. The van der Waals surface area contributed by atoms with E-state index in [0.717, 1.165) is 11.1 Å². The van der Waals surface area contributed by atoms with Crippen molar-refractivity contribution in [3.05, 3.63) is 113 Å². The van der Waals surface area contributed by atoms with Crippen molar-refractivity contribution < 1.29 is 28.5 Å². The molecule has 3 aromatic carbocycles. The zero-order valence-electron chi connectivity index (χ0n) is 24.9. The van der Waals surface area contributed by atoms with Crippen LogP contribution in [-0.2, 0) is 16.1 Å². The molecule has 0 N–H and O–H groups in total. The number of benzene rings is 3. The molecule has 44 heavy (non-hydrogen) atoms. The Morgan fingerprint density at radius 3 is 2.41 bits per heavy atom. The van der Waals surface area contributed by atoms with E-state index in [-0.39, 0.29) is 17.7 Å². The van der Waals surface area contributed by atoms with Crippen LogP contribution in [0.2, 0.25) is 0 Å². The Hall–Kier alpha value is -4.35. The molecule has 2 heterocycles. The van der Waals surface area contributed by atoms with Crippen LogP contribution in [0.15, 0.2) is 86.2 Å². The molecule has 1 aromatic heterocycles. The number of carbonyl (C=O) groups is 1. The number of hydrogen-bond donors (Lipinski definition) is 0. The van der Waals surface area contributed by atoms with E-state index >= 15 is 0 Å². The number of ether oxygens (including phenoxy) is 5. The summed E-state index contributed by atoms with van der Waals surface area (Å²) in [5, 5.41) is 0. The molecule has 1 atom stereocenters. The van der Waals surface area contributed by atoms with Gasteiger partial charge in [-0.05, 0) is 76.8 Å². The van der Waals surface area contributed by atoms with Gasteiger partial charge in [-0.25, -0.2) is 9.79 Å². The predicted molar refractivity (Wildman–Crippen MR) is 171 cm³/mol. The van der Waals surface area contributed by atoms with Crippen molar-refractivity contribution in [1.82, 2.24) is 4.57 Å². The van der Waals surface area contributed by atoms with E-state index in [2.05, 4.69) is 20.9 Å². The monoisotopic (exact) mass is 678 g/mol. The Balaban J connectivity index is 1.61. The minimum atomic E-state index is -0.790. The SMILES string of the molecule is CCOC(=O)C1=C(C)N=c2sc(=Cc3cc(Br)c(OCc4ccccc4)c(OC)c3)c(=O)n2C1c1ccc(OC)c(OC)c1. The molecule has 9 nitrogen and oxygen atoms in total. The first-order valence-electron chi connectivity index (χ1n) is 13.7. The van der Waals surface area contributed by atoms with Gasteiger partial charge in [0.1, 0.15) is 6.61 Å². The highest BCUT2D eigenvalue weighted by Gasteiger charge is 2.34. The second-order valence-corrected chi connectivity index (χ2v) is 11.6. The van der Waals surface area contributed by atoms with Crippen molar-refractivity contribution in [3.63, 3.8) is 0 Å². The predicted octanol–water partition coefficient (Wildman–Crippen LogP) is 5.17. The van der Waals surface area contributed by atoms with Crippen molar-refractivity contribution in [2.75, 3.05) is 27.9 Å². The molecular weight excluding hydrogens is 648 g/mol. The molecule has 5 rings (SSSR count). The molecule has 0 amide bonds. The van der Waals surface area contributed by atoms with Crippen LogP contribution >= 0.6 is 27.3 Å². The summed E-state index contributed by atoms with van der Waals surface area (Å²) in [5.74, 6) is 1.52. The van der Waals surface area contributed by atoms with Gasteiger partial charge in [-0.2, -0.15) is 0 Å². The van der Waals surface area contributed by atoms with Gasteiger partial charge in [0.05, 0.1) is 54.3 Å².